The molecule has 2 aromatic heterocycles. The minimum atomic E-state index is -0.0668. The molecule has 32 heavy (non-hydrogen) atoms. The lowest BCUT2D eigenvalue weighted by Gasteiger charge is -2.20. The van der Waals surface area contributed by atoms with Crippen molar-refractivity contribution in [3.63, 3.8) is 0 Å². The van der Waals surface area contributed by atoms with E-state index >= 15 is 0 Å². The van der Waals surface area contributed by atoms with Crippen LogP contribution >= 0.6 is 11.3 Å². The summed E-state index contributed by atoms with van der Waals surface area (Å²) in [6.45, 7) is 1.54. The minimum Gasteiger partial charge on any atom is -0.337 e. The Morgan fingerprint density at radius 2 is 2.06 bits per heavy atom. The van der Waals surface area contributed by atoms with Crippen molar-refractivity contribution in [3.05, 3.63) is 52.3 Å². The van der Waals surface area contributed by atoms with Gasteiger partial charge in [0.2, 0.25) is 11.9 Å². The van der Waals surface area contributed by atoms with Crippen LogP contribution in [0.15, 0.2) is 41.2 Å². The molecule has 4 heterocycles. The Bertz CT molecular complexity index is 1170. The summed E-state index contributed by atoms with van der Waals surface area (Å²) in [4.78, 5) is 38.1. The predicted octanol–water partition coefficient (Wildman–Crippen LogP) is 3.22. The van der Waals surface area contributed by atoms with Crippen LogP contribution in [0.1, 0.15) is 22.3 Å². The first-order valence-corrected chi connectivity index (χ1v) is 11.5. The maximum Gasteiger partial charge on any atom is 0.253 e. The molecule has 1 saturated heterocycles. The number of hydrogen-bond donors (Lipinski definition) is 2. The van der Waals surface area contributed by atoms with Crippen molar-refractivity contribution in [2.45, 2.75) is 18.9 Å². The highest BCUT2D eigenvalue weighted by atomic mass is 32.1. The Kier molecular flexibility index (Phi) is 5.36. The van der Waals surface area contributed by atoms with Gasteiger partial charge in [-0.15, -0.1) is 11.3 Å². The number of fused-ring (bicyclic) bond motifs is 3. The second kappa shape index (κ2) is 8.33. The van der Waals surface area contributed by atoms with Gasteiger partial charge in [0.1, 0.15) is 0 Å². The summed E-state index contributed by atoms with van der Waals surface area (Å²) in [5.74, 6) is 0.440. The highest BCUT2D eigenvalue weighted by Crippen LogP contribution is 2.35. The number of aromatic nitrogens is 2. The van der Waals surface area contributed by atoms with Gasteiger partial charge in [-0.3, -0.25) is 9.59 Å². The number of thiophene rings is 1. The van der Waals surface area contributed by atoms with Crippen LogP contribution in [-0.4, -0.2) is 64.8 Å². The maximum atomic E-state index is 12.8. The third-order valence-electron chi connectivity index (χ3n) is 5.98. The summed E-state index contributed by atoms with van der Waals surface area (Å²) in [7, 11) is 4.11. The highest BCUT2D eigenvalue weighted by Gasteiger charge is 2.28. The highest BCUT2D eigenvalue weighted by molar-refractivity contribution is 7.08. The van der Waals surface area contributed by atoms with E-state index in [1.807, 2.05) is 39.9 Å². The van der Waals surface area contributed by atoms with Crippen LogP contribution in [0.4, 0.5) is 17.3 Å². The van der Waals surface area contributed by atoms with Gasteiger partial charge in [0, 0.05) is 58.5 Å². The van der Waals surface area contributed by atoms with Gasteiger partial charge in [0.25, 0.3) is 5.91 Å². The number of likely N-dealkylation sites (N-methyl/N-ethyl adjacent to an activating group) is 1. The quantitative estimate of drug-likeness (QED) is 0.637. The number of carbonyl (C=O) groups excluding carboxylic acids is 2. The van der Waals surface area contributed by atoms with Crippen LogP contribution in [0.3, 0.4) is 0 Å². The number of likely N-dealkylation sites (tertiary alicyclic amines) is 1. The summed E-state index contributed by atoms with van der Waals surface area (Å²) in [6.07, 6.45) is 2.95. The first-order chi connectivity index (χ1) is 15.5. The van der Waals surface area contributed by atoms with E-state index in [0.717, 1.165) is 47.7 Å². The van der Waals surface area contributed by atoms with Gasteiger partial charge in [0.05, 0.1) is 17.8 Å². The first-order valence-electron chi connectivity index (χ1n) is 10.5. The van der Waals surface area contributed by atoms with Gasteiger partial charge in [-0.25, -0.2) is 9.97 Å². The fourth-order valence-corrected chi connectivity index (χ4v) is 4.89. The molecule has 9 heteroatoms. The van der Waals surface area contributed by atoms with Gasteiger partial charge in [-0.2, -0.15) is 0 Å². The SMILES string of the molecule is CN(C)C1CCN(C(=O)c2ccc(Nc3ncc4c(n3)-c3cscc3NC(=O)C4)cc2)C1. The van der Waals surface area contributed by atoms with Crippen LogP contribution in [-0.2, 0) is 11.2 Å². The van der Waals surface area contributed by atoms with Crippen LogP contribution in [0.2, 0.25) is 0 Å². The van der Waals surface area contributed by atoms with E-state index in [0.29, 0.717) is 17.6 Å². The zero-order valence-corrected chi connectivity index (χ0v) is 18.8. The van der Waals surface area contributed by atoms with Gasteiger partial charge in [-0.1, -0.05) is 0 Å². The Labute approximate surface area is 190 Å². The molecule has 164 valence electrons. The summed E-state index contributed by atoms with van der Waals surface area (Å²) in [5.41, 5.74) is 4.71. The number of nitrogens with zero attached hydrogens (tertiary/aromatic N) is 4. The molecule has 3 aromatic rings. The number of hydrogen-bond acceptors (Lipinski definition) is 7. The zero-order valence-electron chi connectivity index (χ0n) is 18.0. The zero-order chi connectivity index (χ0) is 22.2. The van der Waals surface area contributed by atoms with E-state index in [-0.39, 0.29) is 18.2 Å². The van der Waals surface area contributed by atoms with Crippen LogP contribution in [0.25, 0.3) is 11.3 Å². The summed E-state index contributed by atoms with van der Waals surface area (Å²) >= 11 is 1.52. The average Bonchev–Trinajstić information content (AvgIpc) is 3.43. The van der Waals surface area contributed by atoms with Gasteiger partial charge in [-0.05, 0) is 44.8 Å². The molecule has 0 radical (unpaired) electrons. The lowest BCUT2D eigenvalue weighted by Crippen LogP contribution is -2.34. The fourth-order valence-electron chi connectivity index (χ4n) is 4.13. The Morgan fingerprint density at radius 1 is 1.25 bits per heavy atom. The van der Waals surface area contributed by atoms with Crippen LogP contribution in [0, 0.1) is 0 Å². The summed E-state index contributed by atoms with van der Waals surface area (Å²) in [5, 5.41) is 10.0. The van der Waals surface area contributed by atoms with Crippen molar-refractivity contribution in [3.8, 4) is 11.3 Å². The Morgan fingerprint density at radius 3 is 2.81 bits per heavy atom. The largest absolute Gasteiger partial charge is 0.337 e. The molecule has 1 atom stereocenters. The van der Waals surface area contributed by atoms with E-state index in [2.05, 4.69) is 39.6 Å². The van der Waals surface area contributed by atoms with E-state index in [1.165, 1.54) is 11.3 Å². The maximum absolute atomic E-state index is 12.8. The number of amides is 2. The Balaban J connectivity index is 1.32. The van der Waals surface area contributed by atoms with Crippen molar-refractivity contribution >= 4 is 40.5 Å². The smallest absolute Gasteiger partial charge is 0.253 e. The molecule has 0 spiro atoms. The molecule has 2 aliphatic rings. The number of anilines is 3. The van der Waals surface area contributed by atoms with Crippen LogP contribution in [0.5, 0.6) is 0 Å². The standard InChI is InChI=1S/C23H24N6O2S/c1-28(2)17-7-8-29(11-17)22(31)14-3-5-16(6-4-14)25-23-24-10-15-9-20(30)26-19-13-32-12-18(19)21(15)27-23/h3-6,10,12-13,17H,7-9,11H2,1-2H3,(H,26,30)(H,24,25,27). The van der Waals surface area contributed by atoms with Crippen molar-refractivity contribution in [2.75, 3.05) is 37.8 Å². The van der Waals surface area contributed by atoms with E-state index in [4.69, 9.17) is 0 Å². The molecule has 1 aromatic carbocycles. The third kappa shape index (κ3) is 3.96. The molecule has 2 N–H and O–H groups in total. The van der Waals surface area contributed by atoms with E-state index in [9.17, 15) is 9.59 Å². The molecule has 2 aliphatic heterocycles. The topological polar surface area (TPSA) is 90.5 Å². The van der Waals surface area contributed by atoms with Gasteiger partial charge >= 0.3 is 0 Å². The van der Waals surface area contributed by atoms with Crippen LogP contribution < -0.4 is 10.6 Å². The molecule has 1 fully saturated rings. The molecule has 5 rings (SSSR count). The molecule has 0 bridgehead atoms. The van der Waals surface area contributed by atoms with E-state index in [1.54, 1.807) is 6.20 Å². The lowest BCUT2D eigenvalue weighted by molar-refractivity contribution is -0.115. The van der Waals surface area contributed by atoms with Crippen molar-refractivity contribution in [1.29, 1.82) is 0 Å². The molecular weight excluding hydrogens is 424 g/mol. The average molecular weight is 449 g/mol. The van der Waals surface area contributed by atoms with Crippen molar-refractivity contribution in [2.24, 2.45) is 0 Å². The summed E-state index contributed by atoms with van der Waals surface area (Å²) < 4.78 is 0. The normalized spacial score (nSPS) is 17.5. The molecule has 2 amide bonds. The molecule has 1 unspecified atom stereocenters. The number of nitrogens with one attached hydrogen (secondary N) is 2. The number of rotatable bonds is 4. The van der Waals surface area contributed by atoms with E-state index < -0.39 is 0 Å². The first kappa shape index (κ1) is 20.6. The number of benzene rings is 1. The molecule has 0 saturated carbocycles. The predicted molar refractivity (Wildman–Crippen MR) is 125 cm³/mol. The molecule has 0 aliphatic carbocycles. The lowest BCUT2D eigenvalue weighted by atomic mass is 10.1. The third-order valence-corrected chi connectivity index (χ3v) is 6.72. The second-order valence-corrected chi connectivity index (χ2v) is 9.09. The molecular formula is C23H24N6O2S. The Hall–Kier alpha value is -3.30. The molecule has 8 nitrogen and oxygen atoms in total. The second-order valence-electron chi connectivity index (χ2n) is 8.35. The van der Waals surface area contributed by atoms with Gasteiger partial charge < -0.3 is 20.4 Å². The summed E-state index contributed by atoms with van der Waals surface area (Å²) in [6, 6.07) is 7.80. The van der Waals surface area contributed by atoms with Gasteiger partial charge in [0.15, 0.2) is 0 Å². The minimum absolute atomic E-state index is 0.0596. The number of carbonyl (C=O) groups is 2. The fraction of sp³-hybridized carbons (Fsp3) is 0.304. The monoisotopic (exact) mass is 448 g/mol. The van der Waals surface area contributed by atoms with Crippen molar-refractivity contribution in [1.82, 2.24) is 19.8 Å². The van der Waals surface area contributed by atoms with Crippen molar-refractivity contribution < 1.29 is 9.59 Å².